The van der Waals surface area contributed by atoms with E-state index in [9.17, 15) is 0 Å². The van der Waals surface area contributed by atoms with Crippen molar-refractivity contribution in [1.82, 2.24) is 0 Å². The van der Waals surface area contributed by atoms with E-state index >= 15 is 0 Å². The van der Waals surface area contributed by atoms with Crippen molar-refractivity contribution < 1.29 is 0 Å². The molecule has 4 nitrogen and oxygen atoms in total. The molecule has 0 heterocycles. The molecular weight excluding hydrogens is 296 g/mol. The number of benzene rings is 2. The van der Waals surface area contributed by atoms with E-state index in [1.54, 1.807) is 0 Å². The van der Waals surface area contributed by atoms with Gasteiger partial charge in [-0.1, -0.05) is 73.5 Å². The molecule has 4 heteroatoms. The molecule has 1 saturated carbocycles. The van der Waals surface area contributed by atoms with Gasteiger partial charge in [0.1, 0.15) is 11.7 Å². The Labute approximate surface area is 143 Å². The first kappa shape index (κ1) is 16.2. The van der Waals surface area contributed by atoms with Gasteiger partial charge in [-0.25, -0.2) is 0 Å². The van der Waals surface area contributed by atoms with Crippen LogP contribution < -0.4 is 11.5 Å². The van der Waals surface area contributed by atoms with Gasteiger partial charge in [-0.2, -0.15) is 0 Å². The molecule has 1 aliphatic carbocycles. The summed E-state index contributed by atoms with van der Waals surface area (Å²) in [5.41, 5.74) is 14.3. The minimum Gasteiger partial charge on any atom is -0.383 e. The molecule has 1 aliphatic rings. The van der Waals surface area contributed by atoms with Crippen LogP contribution in [0, 0.1) is 0 Å². The maximum Gasteiger partial charge on any atom is 0.125 e. The molecule has 0 aromatic heterocycles. The van der Waals surface area contributed by atoms with Crippen LogP contribution in [0.3, 0.4) is 0 Å². The van der Waals surface area contributed by atoms with E-state index in [0.29, 0.717) is 11.7 Å². The highest BCUT2D eigenvalue weighted by Crippen LogP contribution is 2.24. The molecule has 2 aromatic carbocycles. The zero-order valence-electron chi connectivity index (χ0n) is 13.8. The van der Waals surface area contributed by atoms with E-state index in [2.05, 4.69) is 0 Å². The molecular formula is C20H24N4. The van der Waals surface area contributed by atoms with Gasteiger partial charge in [0.15, 0.2) is 0 Å². The first-order valence-electron chi connectivity index (χ1n) is 8.51. The van der Waals surface area contributed by atoms with Gasteiger partial charge in [0.2, 0.25) is 0 Å². The van der Waals surface area contributed by atoms with Crippen molar-refractivity contribution in [3.63, 3.8) is 0 Å². The van der Waals surface area contributed by atoms with Crippen molar-refractivity contribution in [1.29, 1.82) is 0 Å². The number of amidine groups is 2. The summed E-state index contributed by atoms with van der Waals surface area (Å²) >= 11 is 0. The molecule has 4 N–H and O–H groups in total. The Balaban J connectivity index is 1.81. The van der Waals surface area contributed by atoms with Gasteiger partial charge in [-0.05, 0) is 12.8 Å². The summed E-state index contributed by atoms with van der Waals surface area (Å²) in [5, 5.41) is 0. The van der Waals surface area contributed by atoms with Crippen molar-refractivity contribution >= 4 is 11.7 Å². The summed E-state index contributed by atoms with van der Waals surface area (Å²) in [7, 11) is 0. The van der Waals surface area contributed by atoms with Gasteiger partial charge in [-0.15, -0.1) is 0 Å². The van der Waals surface area contributed by atoms with Gasteiger partial charge >= 0.3 is 0 Å². The van der Waals surface area contributed by atoms with E-state index in [-0.39, 0.29) is 12.1 Å². The normalized spacial score (nSPS) is 22.3. The molecule has 0 unspecified atom stereocenters. The summed E-state index contributed by atoms with van der Waals surface area (Å²) in [5.74, 6) is 1.17. The zero-order valence-corrected chi connectivity index (χ0v) is 13.8. The first-order chi connectivity index (χ1) is 11.7. The number of rotatable bonds is 4. The highest BCUT2D eigenvalue weighted by molar-refractivity contribution is 5.98. The highest BCUT2D eigenvalue weighted by atomic mass is 15.0. The van der Waals surface area contributed by atoms with Crippen LogP contribution >= 0.6 is 0 Å². The molecule has 24 heavy (non-hydrogen) atoms. The van der Waals surface area contributed by atoms with Gasteiger partial charge < -0.3 is 11.5 Å². The fourth-order valence-corrected chi connectivity index (χ4v) is 3.12. The van der Waals surface area contributed by atoms with Crippen molar-refractivity contribution in [2.45, 2.75) is 37.8 Å². The Morgan fingerprint density at radius 2 is 1.04 bits per heavy atom. The molecule has 1 fully saturated rings. The Bertz CT molecular complexity index is 643. The molecule has 3 rings (SSSR count). The van der Waals surface area contributed by atoms with Crippen molar-refractivity contribution in [2.75, 3.05) is 0 Å². The summed E-state index contributed by atoms with van der Waals surface area (Å²) in [6, 6.07) is 20.0. The zero-order chi connectivity index (χ0) is 16.8. The fraction of sp³-hybridized carbons (Fsp3) is 0.300. The summed E-state index contributed by atoms with van der Waals surface area (Å²) in [4.78, 5) is 9.53. The monoisotopic (exact) mass is 320 g/mol. The average molecular weight is 320 g/mol. The molecule has 2 atom stereocenters. The van der Waals surface area contributed by atoms with E-state index in [1.165, 1.54) is 0 Å². The number of nitrogens with two attached hydrogens (primary N) is 2. The number of aliphatic imine (C=N–C) groups is 2. The fourth-order valence-electron chi connectivity index (χ4n) is 3.12. The SMILES string of the molecule is NC(=N[C@@H]1CCCC[C@H]1N=C(N)c1ccccc1)c1ccccc1. The molecule has 0 amide bonds. The molecule has 2 aromatic rings. The van der Waals surface area contributed by atoms with E-state index in [0.717, 1.165) is 36.8 Å². The second kappa shape index (κ2) is 7.77. The Hall–Kier alpha value is -2.62. The summed E-state index contributed by atoms with van der Waals surface area (Å²) in [6.07, 6.45) is 4.33. The second-order valence-corrected chi connectivity index (χ2v) is 6.18. The lowest BCUT2D eigenvalue weighted by Gasteiger charge is -2.26. The quantitative estimate of drug-likeness (QED) is 0.671. The Morgan fingerprint density at radius 1 is 0.667 bits per heavy atom. The van der Waals surface area contributed by atoms with Crippen LogP contribution in [0.1, 0.15) is 36.8 Å². The van der Waals surface area contributed by atoms with Gasteiger partial charge in [-0.3, -0.25) is 9.98 Å². The maximum absolute atomic E-state index is 6.20. The molecule has 0 spiro atoms. The number of nitrogens with zero attached hydrogens (tertiary/aromatic N) is 2. The van der Waals surface area contributed by atoms with Gasteiger partial charge in [0, 0.05) is 11.1 Å². The topological polar surface area (TPSA) is 76.8 Å². The summed E-state index contributed by atoms with van der Waals surface area (Å²) in [6.45, 7) is 0. The molecule has 0 saturated heterocycles. The summed E-state index contributed by atoms with van der Waals surface area (Å²) < 4.78 is 0. The van der Waals surface area contributed by atoms with E-state index < -0.39 is 0 Å². The third-order valence-electron chi connectivity index (χ3n) is 4.44. The lowest BCUT2D eigenvalue weighted by Crippen LogP contribution is -2.32. The number of hydrogen-bond donors (Lipinski definition) is 2. The van der Waals surface area contributed by atoms with Crippen LogP contribution in [-0.4, -0.2) is 23.8 Å². The predicted molar refractivity (Wildman–Crippen MR) is 100 cm³/mol. The van der Waals surface area contributed by atoms with Crippen LogP contribution in [-0.2, 0) is 0 Å². The maximum atomic E-state index is 6.20. The minimum atomic E-state index is 0.0984. The molecule has 0 aliphatic heterocycles. The number of hydrogen-bond acceptors (Lipinski definition) is 2. The molecule has 124 valence electrons. The minimum absolute atomic E-state index is 0.0984. The van der Waals surface area contributed by atoms with Crippen LogP contribution in [0.5, 0.6) is 0 Å². The van der Waals surface area contributed by atoms with Crippen molar-refractivity contribution in [3.8, 4) is 0 Å². The average Bonchev–Trinajstić information content (AvgIpc) is 2.64. The van der Waals surface area contributed by atoms with Crippen molar-refractivity contribution in [2.24, 2.45) is 21.5 Å². The smallest absolute Gasteiger partial charge is 0.125 e. The van der Waals surface area contributed by atoms with Crippen LogP contribution in [0.25, 0.3) is 0 Å². The second-order valence-electron chi connectivity index (χ2n) is 6.18. The Kier molecular flexibility index (Phi) is 5.26. The van der Waals surface area contributed by atoms with E-state index in [4.69, 9.17) is 21.5 Å². The Morgan fingerprint density at radius 3 is 1.42 bits per heavy atom. The lowest BCUT2D eigenvalue weighted by atomic mass is 9.91. The van der Waals surface area contributed by atoms with Crippen LogP contribution in [0.15, 0.2) is 70.6 Å². The highest BCUT2D eigenvalue weighted by Gasteiger charge is 2.25. The van der Waals surface area contributed by atoms with Crippen molar-refractivity contribution in [3.05, 3.63) is 71.8 Å². The molecule has 0 bridgehead atoms. The predicted octanol–water partition coefficient (Wildman–Crippen LogP) is 3.11. The van der Waals surface area contributed by atoms with Crippen LogP contribution in [0.2, 0.25) is 0 Å². The molecule has 0 radical (unpaired) electrons. The van der Waals surface area contributed by atoms with Gasteiger partial charge in [0.05, 0.1) is 12.1 Å². The van der Waals surface area contributed by atoms with Gasteiger partial charge in [0.25, 0.3) is 0 Å². The largest absolute Gasteiger partial charge is 0.383 e. The third-order valence-corrected chi connectivity index (χ3v) is 4.44. The third kappa shape index (κ3) is 4.02. The standard InChI is InChI=1S/C20H24N4/c21-19(15-9-3-1-4-10-15)23-17-13-7-8-14-18(17)24-20(22)16-11-5-2-6-12-16/h1-6,9-12,17-18H,7-8,13-14H2,(H2,21,23)(H2,22,24)/t17-,18-/m1/s1. The lowest BCUT2D eigenvalue weighted by molar-refractivity contribution is 0.388. The van der Waals surface area contributed by atoms with E-state index in [1.807, 2.05) is 60.7 Å². The first-order valence-corrected chi connectivity index (χ1v) is 8.51. The van der Waals surface area contributed by atoms with Crippen LogP contribution in [0.4, 0.5) is 0 Å².